The summed E-state index contributed by atoms with van der Waals surface area (Å²) in [6.45, 7) is 1.62. The van der Waals surface area contributed by atoms with E-state index >= 15 is 0 Å². The molecule has 5 nitrogen and oxygen atoms in total. The maximum atomic E-state index is 5.36. The Labute approximate surface area is 128 Å². The number of aromatic nitrogens is 3. The average molecular weight is 294 g/mol. The van der Waals surface area contributed by atoms with Gasteiger partial charge in [0.05, 0.1) is 0 Å². The molecule has 5 heteroatoms. The molecule has 1 aliphatic heterocycles. The zero-order chi connectivity index (χ0) is 14.8. The summed E-state index contributed by atoms with van der Waals surface area (Å²) in [7, 11) is 0. The van der Waals surface area contributed by atoms with Crippen LogP contribution in [-0.4, -0.2) is 34.2 Å². The average Bonchev–Trinajstić information content (AvgIpc) is 3.04. The molecule has 1 fully saturated rings. The lowest BCUT2D eigenvalue weighted by atomic mass is 10.1. The van der Waals surface area contributed by atoms with E-state index in [-0.39, 0.29) is 0 Å². The Bertz CT molecular complexity index is 760. The van der Waals surface area contributed by atoms with Crippen LogP contribution in [0.15, 0.2) is 42.9 Å². The van der Waals surface area contributed by atoms with E-state index in [1.54, 1.807) is 0 Å². The van der Waals surface area contributed by atoms with Crippen LogP contribution in [0.3, 0.4) is 0 Å². The third-order valence-corrected chi connectivity index (χ3v) is 4.09. The summed E-state index contributed by atoms with van der Waals surface area (Å²) < 4.78 is 5.36. The van der Waals surface area contributed by atoms with Gasteiger partial charge in [0, 0.05) is 48.9 Å². The number of H-pyrrole nitrogens is 1. The van der Waals surface area contributed by atoms with Crippen molar-refractivity contribution in [3.8, 4) is 11.1 Å². The molecular weight excluding hydrogens is 276 g/mol. The van der Waals surface area contributed by atoms with E-state index in [1.807, 2.05) is 18.6 Å². The highest BCUT2D eigenvalue weighted by Crippen LogP contribution is 2.23. The van der Waals surface area contributed by atoms with Gasteiger partial charge in [-0.1, -0.05) is 12.1 Å². The van der Waals surface area contributed by atoms with Crippen molar-refractivity contribution < 1.29 is 4.74 Å². The smallest absolute Gasteiger partial charge is 0.222 e. The second-order valence-electron chi connectivity index (χ2n) is 5.61. The van der Waals surface area contributed by atoms with Crippen molar-refractivity contribution in [3.63, 3.8) is 0 Å². The van der Waals surface area contributed by atoms with Crippen molar-refractivity contribution in [2.75, 3.05) is 18.5 Å². The second-order valence-corrected chi connectivity index (χ2v) is 5.61. The molecular formula is C17H18N4O. The van der Waals surface area contributed by atoms with Crippen molar-refractivity contribution in [2.24, 2.45) is 0 Å². The predicted octanol–water partition coefficient (Wildman–Crippen LogP) is 3.22. The van der Waals surface area contributed by atoms with E-state index in [9.17, 15) is 0 Å². The normalized spacial score (nSPS) is 16.0. The number of fused-ring (bicyclic) bond motifs is 1. The molecule has 2 N–H and O–H groups in total. The monoisotopic (exact) mass is 294 g/mol. The van der Waals surface area contributed by atoms with Crippen molar-refractivity contribution in [1.82, 2.24) is 15.0 Å². The molecule has 22 heavy (non-hydrogen) atoms. The van der Waals surface area contributed by atoms with Crippen LogP contribution in [0.5, 0.6) is 0 Å². The molecule has 3 aromatic rings. The lowest BCUT2D eigenvalue weighted by Crippen LogP contribution is -2.28. The summed E-state index contributed by atoms with van der Waals surface area (Å²) in [6.07, 6.45) is 7.71. The zero-order valence-electron chi connectivity index (χ0n) is 12.2. The number of anilines is 1. The van der Waals surface area contributed by atoms with Gasteiger partial charge >= 0.3 is 0 Å². The third kappa shape index (κ3) is 2.67. The lowest BCUT2D eigenvalue weighted by Gasteiger charge is -2.22. The minimum atomic E-state index is 0.412. The Morgan fingerprint density at radius 1 is 1.05 bits per heavy atom. The van der Waals surface area contributed by atoms with Crippen molar-refractivity contribution >= 4 is 16.9 Å². The first-order valence-electron chi connectivity index (χ1n) is 7.62. The van der Waals surface area contributed by atoms with Crippen LogP contribution in [0.1, 0.15) is 12.8 Å². The highest BCUT2D eigenvalue weighted by atomic mass is 16.5. The van der Waals surface area contributed by atoms with Gasteiger partial charge in [-0.15, -0.1) is 0 Å². The molecule has 4 rings (SSSR count). The Hall–Kier alpha value is -2.40. The van der Waals surface area contributed by atoms with E-state index in [4.69, 9.17) is 4.74 Å². The standard InChI is InChI=1S/C17H18N4O/c1-2-13(9-16-12(1)3-6-18-16)14-10-19-17(20-11-14)21-15-4-7-22-8-5-15/h1-3,6,9-11,15,18H,4-5,7-8H2,(H,19,20,21). The Morgan fingerprint density at radius 3 is 2.68 bits per heavy atom. The van der Waals surface area contributed by atoms with Gasteiger partial charge in [-0.3, -0.25) is 0 Å². The molecule has 0 bridgehead atoms. The van der Waals surface area contributed by atoms with Crippen LogP contribution in [0.4, 0.5) is 5.95 Å². The van der Waals surface area contributed by atoms with Gasteiger partial charge in [0.25, 0.3) is 0 Å². The fourth-order valence-electron chi connectivity index (χ4n) is 2.80. The summed E-state index contributed by atoms with van der Waals surface area (Å²) in [5.41, 5.74) is 3.27. The van der Waals surface area contributed by atoms with E-state index in [0.29, 0.717) is 12.0 Å². The van der Waals surface area contributed by atoms with Gasteiger partial charge in [0.1, 0.15) is 0 Å². The zero-order valence-corrected chi connectivity index (χ0v) is 12.2. The fraction of sp³-hybridized carbons (Fsp3) is 0.294. The molecule has 0 amide bonds. The van der Waals surface area contributed by atoms with Crippen LogP contribution < -0.4 is 5.32 Å². The summed E-state index contributed by atoms with van der Waals surface area (Å²) in [4.78, 5) is 12.1. The molecule has 1 aromatic carbocycles. The van der Waals surface area contributed by atoms with Gasteiger partial charge in [-0.25, -0.2) is 9.97 Å². The quantitative estimate of drug-likeness (QED) is 0.778. The van der Waals surface area contributed by atoms with Crippen LogP contribution in [0, 0.1) is 0 Å². The largest absolute Gasteiger partial charge is 0.381 e. The third-order valence-electron chi connectivity index (χ3n) is 4.09. The van der Waals surface area contributed by atoms with E-state index < -0.39 is 0 Å². The summed E-state index contributed by atoms with van der Waals surface area (Å²) in [5.74, 6) is 0.691. The maximum Gasteiger partial charge on any atom is 0.222 e. The van der Waals surface area contributed by atoms with Crippen LogP contribution in [0.2, 0.25) is 0 Å². The van der Waals surface area contributed by atoms with Crippen molar-refractivity contribution in [3.05, 3.63) is 42.9 Å². The second kappa shape index (κ2) is 5.77. The molecule has 0 unspecified atom stereocenters. The van der Waals surface area contributed by atoms with Gasteiger partial charge in [0.15, 0.2) is 0 Å². The number of rotatable bonds is 3. The molecule has 3 heterocycles. The first-order chi connectivity index (χ1) is 10.9. The first kappa shape index (κ1) is 13.3. The van der Waals surface area contributed by atoms with Crippen LogP contribution in [0.25, 0.3) is 22.0 Å². The molecule has 0 spiro atoms. The topological polar surface area (TPSA) is 62.8 Å². The highest BCUT2D eigenvalue weighted by Gasteiger charge is 2.14. The molecule has 2 aromatic heterocycles. The Morgan fingerprint density at radius 2 is 1.86 bits per heavy atom. The molecule has 1 saturated heterocycles. The van der Waals surface area contributed by atoms with E-state index in [1.165, 1.54) is 5.39 Å². The molecule has 112 valence electrons. The maximum absolute atomic E-state index is 5.36. The Balaban J connectivity index is 1.53. The fourth-order valence-corrected chi connectivity index (χ4v) is 2.80. The number of hydrogen-bond acceptors (Lipinski definition) is 4. The number of hydrogen-bond donors (Lipinski definition) is 2. The minimum Gasteiger partial charge on any atom is -0.381 e. The number of benzene rings is 1. The number of nitrogens with zero attached hydrogens (tertiary/aromatic N) is 2. The van der Waals surface area contributed by atoms with Gasteiger partial charge in [0.2, 0.25) is 5.95 Å². The summed E-state index contributed by atoms with van der Waals surface area (Å²) in [5, 5.41) is 4.59. The first-order valence-corrected chi connectivity index (χ1v) is 7.62. The van der Waals surface area contributed by atoms with Crippen LogP contribution >= 0.6 is 0 Å². The van der Waals surface area contributed by atoms with Gasteiger partial charge in [-0.2, -0.15) is 0 Å². The summed E-state index contributed by atoms with van der Waals surface area (Å²) >= 11 is 0. The van der Waals surface area contributed by atoms with E-state index in [2.05, 4.69) is 44.5 Å². The SMILES string of the molecule is c1cc2ccc(-c3cnc(NC4CCOCC4)nc3)cc2[nH]1. The van der Waals surface area contributed by atoms with Crippen molar-refractivity contribution in [2.45, 2.75) is 18.9 Å². The highest BCUT2D eigenvalue weighted by molar-refractivity contribution is 5.84. The number of aromatic amines is 1. The van der Waals surface area contributed by atoms with Crippen molar-refractivity contribution in [1.29, 1.82) is 0 Å². The molecule has 0 radical (unpaired) electrons. The summed E-state index contributed by atoms with van der Waals surface area (Å²) in [6, 6.07) is 8.81. The molecule has 0 saturated carbocycles. The predicted molar refractivity (Wildman–Crippen MR) is 86.8 cm³/mol. The Kier molecular flexibility index (Phi) is 3.48. The van der Waals surface area contributed by atoms with Gasteiger partial charge in [-0.05, 0) is 35.9 Å². The molecule has 0 aliphatic carbocycles. The molecule has 0 atom stereocenters. The number of ether oxygens (including phenoxy) is 1. The lowest BCUT2D eigenvalue weighted by molar-refractivity contribution is 0.0903. The minimum absolute atomic E-state index is 0.412. The molecule has 1 aliphatic rings. The van der Waals surface area contributed by atoms with Gasteiger partial charge < -0.3 is 15.0 Å². The van der Waals surface area contributed by atoms with E-state index in [0.717, 1.165) is 42.7 Å². The number of nitrogens with one attached hydrogen (secondary N) is 2. The van der Waals surface area contributed by atoms with Crippen LogP contribution in [-0.2, 0) is 4.74 Å².